The number of rotatable bonds is 3. The summed E-state index contributed by atoms with van der Waals surface area (Å²) < 4.78 is 2.04. The predicted molar refractivity (Wildman–Crippen MR) is 71.2 cm³/mol. The average molecular weight is 343 g/mol. The minimum Gasteiger partial charge on any atom is -0.377 e. The second-order valence-corrected chi connectivity index (χ2v) is 4.86. The number of benzene rings is 1. The number of para-hydroxylation sites is 1. The molecule has 2 aromatic rings. The Labute approximate surface area is 111 Å². The molecule has 82 valence electrons. The second kappa shape index (κ2) is 5.41. The first-order valence-electron chi connectivity index (χ1n) is 4.70. The molecule has 0 radical (unpaired) electrons. The molecular weight excluding hydrogens is 334 g/mol. The van der Waals surface area contributed by atoms with Crippen molar-refractivity contribution in [1.29, 1.82) is 0 Å². The van der Waals surface area contributed by atoms with Crippen LogP contribution in [0.5, 0.6) is 0 Å². The van der Waals surface area contributed by atoms with Crippen molar-refractivity contribution in [2.45, 2.75) is 6.54 Å². The van der Waals surface area contributed by atoms with Gasteiger partial charge >= 0.3 is 0 Å². The first-order valence-corrected chi connectivity index (χ1v) is 6.29. The molecular formula is C11H9Br2N3. The van der Waals surface area contributed by atoms with Gasteiger partial charge in [-0.3, -0.25) is 9.97 Å². The molecule has 1 heterocycles. The van der Waals surface area contributed by atoms with E-state index in [1.807, 2.05) is 18.2 Å². The number of nitrogens with zero attached hydrogens (tertiary/aromatic N) is 2. The summed E-state index contributed by atoms with van der Waals surface area (Å²) in [5, 5.41) is 3.30. The van der Waals surface area contributed by atoms with Crippen molar-refractivity contribution in [1.82, 2.24) is 9.97 Å². The summed E-state index contributed by atoms with van der Waals surface area (Å²) in [6.45, 7) is 0.648. The van der Waals surface area contributed by atoms with Gasteiger partial charge in [0.1, 0.15) is 0 Å². The molecule has 0 atom stereocenters. The summed E-state index contributed by atoms with van der Waals surface area (Å²) in [6.07, 6.45) is 5.10. The molecule has 0 aliphatic heterocycles. The summed E-state index contributed by atoms with van der Waals surface area (Å²) in [7, 11) is 0. The van der Waals surface area contributed by atoms with E-state index >= 15 is 0 Å². The van der Waals surface area contributed by atoms with Crippen molar-refractivity contribution in [2.24, 2.45) is 0 Å². The molecule has 2 rings (SSSR count). The molecule has 0 aliphatic carbocycles. The van der Waals surface area contributed by atoms with E-state index in [9.17, 15) is 0 Å². The molecule has 1 aromatic carbocycles. The molecule has 5 heteroatoms. The fraction of sp³-hybridized carbons (Fsp3) is 0.0909. The Morgan fingerprint density at radius 1 is 1.12 bits per heavy atom. The van der Waals surface area contributed by atoms with Gasteiger partial charge < -0.3 is 5.32 Å². The van der Waals surface area contributed by atoms with Gasteiger partial charge in [0, 0.05) is 21.3 Å². The van der Waals surface area contributed by atoms with E-state index in [2.05, 4.69) is 47.1 Å². The number of hydrogen-bond acceptors (Lipinski definition) is 3. The Bertz CT molecular complexity index is 454. The lowest BCUT2D eigenvalue weighted by Crippen LogP contribution is -2.02. The van der Waals surface area contributed by atoms with Gasteiger partial charge in [-0.1, -0.05) is 6.07 Å². The first-order chi connectivity index (χ1) is 7.77. The van der Waals surface area contributed by atoms with Crippen LogP contribution in [0.2, 0.25) is 0 Å². The molecule has 16 heavy (non-hydrogen) atoms. The van der Waals surface area contributed by atoms with Gasteiger partial charge in [-0.15, -0.1) is 0 Å². The zero-order chi connectivity index (χ0) is 11.4. The number of halogens is 2. The summed E-state index contributed by atoms with van der Waals surface area (Å²) in [6, 6.07) is 5.95. The van der Waals surface area contributed by atoms with E-state index in [0.29, 0.717) is 6.54 Å². The van der Waals surface area contributed by atoms with E-state index in [1.54, 1.807) is 18.6 Å². The maximum Gasteiger partial charge on any atom is 0.0777 e. The van der Waals surface area contributed by atoms with Gasteiger partial charge in [-0.25, -0.2) is 0 Å². The van der Waals surface area contributed by atoms with Gasteiger partial charge in [0.15, 0.2) is 0 Å². The maximum absolute atomic E-state index is 4.20. The fourth-order valence-electron chi connectivity index (χ4n) is 1.27. The Balaban J connectivity index is 2.11. The van der Waals surface area contributed by atoms with E-state index in [4.69, 9.17) is 0 Å². The standard InChI is InChI=1S/C11H9Br2N3/c12-9-2-1-3-10(13)11(9)16-7-8-6-14-4-5-15-8/h1-6,16H,7H2. The summed E-state index contributed by atoms with van der Waals surface area (Å²) in [5.74, 6) is 0. The lowest BCUT2D eigenvalue weighted by Gasteiger charge is -2.09. The molecule has 0 amide bonds. The van der Waals surface area contributed by atoms with Crippen molar-refractivity contribution in [3.05, 3.63) is 51.4 Å². The van der Waals surface area contributed by atoms with Crippen molar-refractivity contribution >= 4 is 37.5 Å². The van der Waals surface area contributed by atoms with Crippen LogP contribution in [0.4, 0.5) is 5.69 Å². The molecule has 1 aromatic heterocycles. The Morgan fingerprint density at radius 3 is 2.50 bits per heavy atom. The highest BCUT2D eigenvalue weighted by Gasteiger charge is 2.03. The number of nitrogens with one attached hydrogen (secondary N) is 1. The van der Waals surface area contributed by atoms with E-state index in [0.717, 1.165) is 20.3 Å². The van der Waals surface area contributed by atoms with E-state index in [1.165, 1.54) is 0 Å². The Morgan fingerprint density at radius 2 is 1.88 bits per heavy atom. The Hall–Kier alpha value is -0.940. The summed E-state index contributed by atoms with van der Waals surface area (Å²) in [5.41, 5.74) is 1.93. The SMILES string of the molecule is Brc1cccc(Br)c1NCc1cnccn1. The second-order valence-electron chi connectivity index (χ2n) is 3.15. The van der Waals surface area contributed by atoms with Gasteiger partial charge in [-0.2, -0.15) is 0 Å². The smallest absolute Gasteiger partial charge is 0.0777 e. The minimum atomic E-state index is 0.648. The zero-order valence-electron chi connectivity index (χ0n) is 8.32. The lowest BCUT2D eigenvalue weighted by molar-refractivity contribution is 1.01. The molecule has 0 unspecified atom stereocenters. The van der Waals surface area contributed by atoms with Crippen LogP contribution in [0.1, 0.15) is 5.69 Å². The normalized spacial score (nSPS) is 10.1. The first kappa shape index (κ1) is 11.5. The van der Waals surface area contributed by atoms with Crippen molar-refractivity contribution < 1.29 is 0 Å². The van der Waals surface area contributed by atoms with Crippen LogP contribution in [0, 0.1) is 0 Å². The lowest BCUT2D eigenvalue weighted by atomic mass is 10.3. The zero-order valence-corrected chi connectivity index (χ0v) is 11.5. The number of hydrogen-bond donors (Lipinski definition) is 1. The fourth-order valence-corrected chi connectivity index (χ4v) is 2.55. The van der Waals surface area contributed by atoms with Gasteiger partial charge in [0.25, 0.3) is 0 Å². The van der Waals surface area contributed by atoms with E-state index in [-0.39, 0.29) is 0 Å². The predicted octanol–water partition coefficient (Wildman–Crippen LogP) is 3.61. The third-order valence-corrected chi connectivity index (χ3v) is 3.35. The van der Waals surface area contributed by atoms with Crippen LogP contribution in [0.15, 0.2) is 45.7 Å². The van der Waals surface area contributed by atoms with Crippen LogP contribution in [-0.4, -0.2) is 9.97 Å². The molecule has 1 N–H and O–H groups in total. The summed E-state index contributed by atoms with van der Waals surface area (Å²) >= 11 is 6.98. The third-order valence-electron chi connectivity index (χ3n) is 2.03. The molecule has 0 saturated carbocycles. The van der Waals surface area contributed by atoms with Gasteiger partial charge in [0.2, 0.25) is 0 Å². The van der Waals surface area contributed by atoms with Gasteiger partial charge in [0.05, 0.1) is 24.1 Å². The third kappa shape index (κ3) is 2.80. The largest absolute Gasteiger partial charge is 0.377 e. The highest BCUT2D eigenvalue weighted by atomic mass is 79.9. The van der Waals surface area contributed by atoms with Crippen LogP contribution in [0.25, 0.3) is 0 Å². The van der Waals surface area contributed by atoms with Crippen molar-refractivity contribution in [3.8, 4) is 0 Å². The molecule has 0 spiro atoms. The van der Waals surface area contributed by atoms with Crippen LogP contribution in [0.3, 0.4) is 0 Å². The highest BCUT2D eigenvalue weighted by Crippen LogP contribution is 2.30. The number of anilines is 1. The highest BCUT2D eigenvalue weighted by molar-refractivity contribution is 9.11. The van der Waals surface area contributed by atoms with Crippen LogP contribution < -0.4 is 5.32 Å². The van der Waals surface area contributed by atoms with Gasteiger partial charge in [-0.05, 0) is 44.0 Å². The topological polar surface area (TPSA) is 37.8 Å². The van der Waals surface area contributed by atoms with Crippen molar-refractivity contribution in [2.75, 3.05) is 5.32 Å². The molecule has 3 nitrogen and oxygen atoms in total. The van der Waals surface area contributed by atoms with E-state index < -0.39 is 0 Å². The van der Waals surface area contributed by atoms with Crippen molar-refractivity contribution in [3.63, 3.8) is 0 Å². The average Bonchev–Trinajstić information content (AvgIpc) is 2.30. The Kier molecular flexibility index (Phi) is 3.90. The van der Waals surface area contributed by atoms with Crippen LogP contribution >= 0.6 is 31.9 Å². The molecule has 0 saturated heterocycles. The molecule has 0 aliphatic rings. The molecule has 0 bridgehead atoms. The minimum absolute atomic E-state index is 0.648. The number of aromatic nitrogens is 2. The quantitative estimate of drug-likeness (QED) is 0.925. The monoisotopic (exact) mass is 341 g/mol. The maximum atomic E-state index is 4.20. The summed E-state index contributed by atoms with van der Waals surface area (Å²) in [4.78, 5) is 8.21. The van der Waals surface area contributed by atoms with Crippen LogP contribution in [-0.2, 0) is 6.54 Å². The molecule has 0 fully saturated rings.